The molecule has 0 amide bonds. The van der Waals surface area contributed by atoms with Gasteiger partial charge in [0.05, 0.1) is 23.2 Å². The van der Waals surface area contributed by atoms with Gasteiger partial charge in [0, 0.05) is 29.2 Å². The average Bonchev–Trinajstić information content (AvgIpc) is 3.49. The van der Waals surface area contributed by atoms with Crippen LogP contribution in [0.1, 0.15) is 41.1 Å². The SMILES string of the molecule is COC(=O)c1sc(-n2cnc3ccc(Br)cc32)cc1O[C@H](C)c1cccc(OC2CCN(C)CC2)c1Cl. The molecule has 0 saturated carbocycles. The zero-order chi connectivity index (χ0) is 26.1. The Morgan fingerprint density at radius 2 is 1.97 bits per heavy atom. The lowest BCUT2D eigenvalue weighted by Gasteiger charge is -2.30. The Morgan fingerprint density at radius 3 is 2.73 bits per heavy atom. The van der Waals surface area contributed by atoms with Gasteiger partial charge in [0.1, 0.15) is 35.0 Å². The molecule has 0 bridgehead atoms. The van der Waals surface area contributed by atoms with E-state index < -0.39 is 12.1 Å². The van der Waals surface area contributed by atoms with E-state index in [1.54, 1.807) is 6.33 Å². The highest BCUT2D eigenvalue weighted by Crippen LogP contribution is 2.39. The Labute approximate surface area is 233 Å². The molecule has 37 heavy (non-hydrogen) atoms. The van der Waals surface area contributed by atoms with Crippen LogP contribution in [0, 0.1) is 0 Å². The number of halogens is 2. The largest absolute Gasteiger partial charge is 0.489 e. The molecule has 5 rings (SSSR count). The van der Waals surface area contributed by atoms with E-state index in [9.17, 15) is 4.79 Å². The molecule has 1 saturated heterocycles. The molecule has 1 fully saturated rings. The molecule has 1 aliphatic heterocycles. The lowest BCUT2D eigenvalue weighted by molar-refractivity contribution is 0.0600. The third kappa shape index (κ3) is 5.50. The minimum Gasteiger partial charge on any atom is -0.489 e. The Bertz CT molecular complexity index is 1430. The number of rotatable bonds is 7. The van der Waals surface area contributed by atoms with E-state index in [1.807, 2.05) is 54.0 Å². The van der Waals surface area contributed by atoms with Crippen molar-refractivity contribution in [1.82, 2.24) is 14.5 Å². The number of carbonyl (C=O) groups excluding carboxylic acids is 1. The van der Waals surface area contributed by atoms with Crippen molar-refractivity contribution in [1.29, 1.82) is 0 Å². The van der Waals surface area contributed by atoms with Crippen LogP contribution in [0.2, 0.25) is 5.02 Å². The highest BCUT2D eigenvalue weighted by atomic mass is 79.9. The first-order valence-corrected chi connectivity index (χ1v) is 14.0. The molecular weight excluding hydrogens is 578 g/mol. The number of aromatic nitrogens is 2. The molecule has 2 aromatic heterocycles. The topological polar surface area (TPSA) is 65.8 Å². The van der Waals surface area contributed by atoms with Gasteiger partial charge in [0.2, 0.25) is 0 Å². The molecule has 0 radical (unpaired) electrons. The predicted molar refractivity (Wildman–Crippen MR) is 150 cm³/mol. The molecule has 1 atom stereocenters. The number of nitrogens with zero attached hydrogens (tertiary/aromatic N) is 3. The van der Waals surface area contributed by atoms with Crippen molar-refractivity contribution in [3.8, 4) is 16.5 Å². The molecule has 194 valence electrons. The lowest BCUT2D eigenvalue weighted by atomic mass is 10.1. The maximum atomic E-state index is 12.6. The van der Waals surface area contributed by atoms with Gasteiger partial charge in [0.15, 0.2) is 4.88 Å². The number of imidazole rings is 1. The van der Waals surface area contributed by atoms with E-state index in [0.29, 0.717) is 21.4 Å². The van der Waals surface area contributed by atoms with Crippen molar-refractivity contribution < 1.29 is 19.0 Å². The number of benzene rings is 2. The second kappa shape index (κ2) is 11.0. The fourth-order valence-corrected chi connectivity index (χ4v) is 6.10. The van der Waals surface area contributed by atoms with Crippen LogP contribution in [0.15, 0.2) is 53.3 Å². The van der Waals surface area contributed by atoms with Crippen molar-refractivity contribution in [2.24, 2.45) is 0 Å². The van der Waals surface area contributed by atoms with Gasteiger partial charge < -0.3 is 19.1 Å². The van der Waals surface area contributed by atoms with Crippen LogP contribution in [-0.2, 0) is 4.74 Å². The normalized spacial score (nSPS) is 15.6. The Balaban J connectivity index is 1.42. The third-order valence-electron chi connectivity index (χ3n) is 6.50. The van der Waals surface area contributed by atoms with E-state index in [4.69, 9.17) is 25.8 Å². The monoisotopic (exact) mass is 603 g/mol. The number of thiophene rings is 1. The van der Waals surface area contributed by atoms with Crippen molar-refractivity contribution in [3.05, 3.63) is 68.7 Å². The van der Waals surface area contributed by atoms with Crippen LogP contribution >= 0.6 is 38.9 Å². The van der Waals surface area contributed by atoms with Crippen LogP contribution in [0.25, 0.3) is 16.0 Å². The van der Waals surface area contributed by atoms with Gasteiger partial charge in [-0.05, 0) is 51.1 Å². The number of piperidine rings is 1. The Kier molecular flexibility index (Phi) is 7.76. The van der Waals surface area contributed by atoms with E-state index >= 15 is 0 Å². The van der Waals surface area contributed by atoms with Gasteiger partial charge in [-0.2, -0.15) is 0 Å². The van der Waals surface area contributed by atoms with E-state index in [2.05, 4.69) is 32.9 Å². The zero-order valence-corrected chi connectivity index (χ0v) is 23.9. The summed E-state index contributed by atoms with van der Waals surface area (Å²) in [5, 5.41) is 1.31. The number of hydrogen-bond acceptors (Lipinski definition) is 7. The van der Waals surface area contributed by atoms with Crippen LogP contribution in [0.5, 0.6) is 11.5 Å². The van der Waals surface area contributed by atoms with Crippen LogP contribution in [0.4, 0.5) is 0 Å². The number of fused-ring (bicyclic) bond motifs is 1. The minimum absolute atomic E-state index is 0.135. The summed E-state index contributed by atoms with van der Waals surface area (Å²) in [6, 6.07) is 13.4. The predicted octanol–water partition coefficient (Wildman–Crippen LogP) is 6.90. The first kappa shape index (κ1) is 26.0. The number of hydrogen-bond donors (Lipinski definition) is 0. The van der Waals surface area contributed by atoms with Crippen molar-refractivity contribution in [3.63, 3.8) is 0 Å². The van der Waals surface area contributed by atoms with Gasteiger partial charge >= 0.3 is 5.97 Å². The smallest absolute Gasteiger partial charge is 0.351 e. The summed E-state index contributed by atoms with van der Waals surface area (Å²) in [6.45, 7) is 3.91. The highest BCUT2D eigenvalue weighted by Gasteiger charge is 2.25. The molecule has 10 heteroatoms. The first-order valence-electron chi connectivity index (χ1n) is 12.0. The van der Waals surface area contributed by atoms with Crippen LogP contribution in [0.3, 0.4) is 0 Å². The summed E-state index contributed by atoms with van der Waals surface area (Å²) in [4.78, 5) is 19.8. The van der Waals surface area contributed by atoms with E-state index in [1.165, 1.54) is 18.4 Å². The molecule has 0 unspecified atom stereocenters. The quantitative estimate of drug-likeness (QED) is 0.214. The van der Waals surface area contributed by atoms with Crippen LogP contribution < -0.4 is 9.47 Å². The molecule has 0 aliphatic carbocycles. The molecule has 1 aliphatic rings. The van der Waals surface area contributed by atoms with Gasteiger partial charge in [0.25, 0.3) is 0 Å². The summed E-state index contributed by atoms with van der Waals surface area (Å²) in [6.07, 6.45) is 3.35. The van der Waals surface area contributed by atoms with Gasteiger partial charge in [-0.3, -0.25) is 4.57 Å². The van der Waals surface area contributed by atoms with Crippen molar-refractivity contribution in [2.45, 2.75) is 32.0 Å². The second-order valence-corrected chi connectivity index (χ2v) is 11.4. The first-order chi connectivity index (χ1) is 17.8. The number of esters is 1. The van der Waals surface area contributed by atoms with Gasteiger partial charge in [-0.15, -0.1) is 11.3 Å². The molecular formula is C27H27BrClN3O4S. The maximum absolute atomic E-state index is 12.6. The third-order valence-corrected chi connectivity index (χ3v) is 8.49. The zero-order valence-electron chi connectivity index (χ0n) is 20.7. The number of likely N-dealkylation sites (tertiary alicyclic amines) is 1. The summed E-state index contributed by atoms with van der Waals surface area (Å²) < 4.78 is 20.5. The molecule has 0 spiro atoms. The standard InChI is InChI=1S/C27H27BrClN3O4S/c1-16(19-5-4-6-22(25(19)29)36-18-9-11-31(2)12-10-18)35-23-14-24(37-26(23)27(33)34-3)32-15-30-20-8-7-17(28)13-21(20)32/h4-8,13-16,18H,9-12H2,1-3H3/t16-/m1/s1. The summed E-state index contributed by atoms with van der Waals surface area (Å²) >= 11 is 11.6. The minimum atomic E-state index is -0.463. The Hall–Kier alpha value is -2.59. The summed E-state index contributed by atoms with van der Waals surface area (Å²) in [5.41, 5.74) is 2.54. The highest BCUT2D eigenvalue weighted by molar-refractivity contribution is 9.10. The molecule has 0 N–H and O–H groups in total. The number of ether oxygens (including phenoxy) is 3. The number of carbonyl (C=O) groups is 1. The summed E-state index contributed by atoms with van der Waals surface area (Å²) in [7, 11) is 3.48. The molecule has 2 aromatic carbocycles. The maximum Gasteiger partial charge on any atom is 0.351 e. The van der Waals surface area contributed by atoms with Crippen molar-refractivity contribution in [2.75, 3.05) is 27.2 Å². The van der Waals surface area contributed by atoms with Gasteiger partial charge in [-0.1, -0.05) is 39.7 Å². The lowest BCUT2D eigenvalue weighted by Crippen LogP contribution is -2.35. The second-order valence-electron chi connectivity index (χ2n) is 9.06. The molecule has 7 nitrogen and oxygen atoms in total. The number of methoxy groups -OCH3 is 1. The Morgan fingerprint density at radius 1 is 1.19 bits per heavy atom. The fourth-order valence-electron chi connectivity index (χ4n) is 4.43. The fraction of sp³-hybridized carbons (Fsp3) is 0.333. The van der Waals surface area contributed by atoms with Gasteiger partial charge in [-0.25, -0.2) is 9.78 Å². The molecule has 4 aromatic rings. The van der Waals surface area contributed by atoms with E-state index in [0.717, 1.165) is 52.0 Å². The average molecular weight is 605 g/mol. The molecule has 3 heterocycles. The van der Waals surface area contributed by atoms with Crippen LogP contribution in [-0.4, -0.2) is 53.8 Å². The van der Waals surface area contributed by atoms with E-state index in [-0.39, 0.29) is 6.10 Å². The van der Waals surface area contributed by atoms with Crippen molar-refractivity contribution >= 4 is 55.9 Å². The summed E-state index contributed by atoms with van der Waals surface area (Å²) in [5.74, 6) is 0.613.